The Morgan fingerprint density at radius 2 is 1.68 bits per heavy atom. The van der Waals surface area contributed by atoms with Gasteiger partial charge in [0.1, 0.15) is 0 Å². The van der Waals surface area contributed by atoms with E-state index < -0.39 is 0 Å². The van der Waals surface area contributed by atoms with Gasteiger partial charge in [-0.3, -0.25) is 4.79 Å². The Bertz CT molecular complexity index is 813. The van der Waals surface area contributed by atoms with Crippen molar-refractivity contribution in [2.75, 3.05) is 54.5 Å². The first-order valence-electron chi connectivity index (χ1n) is 9.95. The van der Waals surface area contributed by atoms with Crippen LogP contribution in [0.2, 0.25) is 5.02 Å². The fourth-order valence-corrected chi connectivity index (χ4v) is 3.98. The lowest BCUT2D eigenvalue weighted by Crippen LogP contribution is -2.37. The van der Waals surface area contributed by atoms with Gasteiger partial charge in [0.05, 0.1) is 31.0 Å². The number of rotatable bonds is 5. The second kappa shape index (κ2) is 8.84. The number of hydrogen-bond acceptors (Lipinski definition) is 4. The molecule has 2 heterocycles. The Morgan fingerprint density at radius 1 is 0.964 bits per heavy atom. The minimum atomic E-state index is -0.0181. The Hall–Kier alpha value is -2.24. The van der Waals surface area contributed by atoms with Crippen molar-refractivity contribution in [1.29, 1.82) is 0 Å². The van der Waals surface area contributed by atoms with Crippen molar-refractivity contribution in [2.45, 2.75) is 19.3 Å². The van der Waals surface area contributed by atoms with Crippen molar-refractivity contribution in [2.24, 2.45) is 0 Å². The predicted molar refractivity (Wildman–Crippen MR) is 115 cm³/mol. The highest BCUT2D eigenvalue weighted by Gasteiger charge is 2.19. The van der Waals surface area contributed by atoms with Crippen LogP contribution in [-0.4, -0.2) is 45.3 Å². The van der Waals surface area contributed by atoms with Gasteiger partial charge in [-0.15, -0.1) is 0 Å². The molecule has 0 radical (unpaired) electrons. The summed E-state index contributed by atoms with van der Waals surface area (Å²) >= 11 is 5.94. The summed E-state index contributed by atoms with van der Waals surface area (Å²) in [5, 5.41) is 3.83. The van der Waals surface area contributed by atoms with Crippen molar-refractivity contribution in [1.82, 2.24) is 0 Å². The maximum Gasteiger partial charge on any atom is 0.228 e. The Balaban J connectivity index is 1.55. The number of anilines is 3. The summed E-state index contributed by atoms with van der Waals surface area (Å²) in [6.07, 6.45) is 2.78. The third kappa shape index (κ3) is 4.59. The third-order valence-corrected chi connectivity index (χ3v) is 5.61. The Morgan fingerprint density at radius 3 is 2.39 bits per heavy atom. The molecular weight excluding hydrogens is 374 g/mol. The molecule has 2 saturated heterocycles. The van der Waals surface area contributed by atoms with E-state index in [9.17, 15) is 4.79 Å². The Labute approximate surface area is 171 Å². The number of benzene rings is 2. The zero-order chi connectivity index (χ0) is 19.3. The van der Waals surface area contributed by atoms with Gasteiger partial charge in [0, 0.05) is 36.9 Å². The van der Waals surface area contributed by atoms with Crippen LogP contribution in [-0.2, 0) is 16.0 Å². The van der Waals surface area contributed by atoms with E-state index in [0.29, 0.717) is 24.7 Å². The van der Waals surface area contributed by atoms with Crippen LogP contribution >= 0.6 is 11.6 Å². The van der Waals surface area contributed by atoms with Gasteiger partial charge in [0.25, 0.3) is 0 Å². The molecule has 2 aromatic carbocycles. The van der Waals surface area contributed by atoms with Crippen LogP contribution in [0.3, 0.4) is 0 Å². The quantitative estimate of drug-likeness (QED) is 0.826. The first-order valence-corrected chi connectivity index (χ1v) is 10.3. The fraction of sp³-hybridized carbons (Fsp3) is 0.409. The zero-order valence-electron chi connectivity index (χ0n) is 16.0. The van der Waals surface area contributed by atoms with E-state index in [4.69, 9.17) is 16.3 Å². The normalized spacial score (nSPS) is 17.0. The standard InChI is InChI=1S/C22H26ClN3O2/c23-18-5-3-17(4-6-18)15-22(27)24-20-16-19(25-9-1-2-10-25)7-8-21(20)26-11-13-28-14-12-26/h3-8,16H,1-2,9-15H2,(H,24,27). The summed E-state index contributed by atoms with van der Waals surface area (Å²) in [5.74, 6) is -0.0181. The molecule has 0 atom stereocenters. The van der Waals surface area contributed by atoms with Crippen molar-refractivity contribution in [3.8, 4) is 0 Å². The summed E-state index contributed by atoms with van der Waals surface area (Å²) in [4.78, 5) is 17.4. The number of ether oxygens (including phenoxy) is 1. The second-order valence-corrected chi connectivity index (χ2v) is 7.78. The summed E-state index contributed by atoms with van der Waals surface area (Å²) in [6.45, 7) is 5.26. The van der Waals surface area contributed by atoms with Crippen molar-refractivity contribution in [3.63, 3.8) is 0 Å². The first-order chi connectivity index (χ1) is 13.7. The lowest BCUT2D eigenvalue weighted by atomic mass is 10.1. The largest absolute Gasteiger partial charge is 0.378 e. The van der Waals surface area contributed by atoms with E-state index in [0.717, 1.165) is 43.1 Å². The van der Waals surface area contributed by atoms with Crippen LogP contribution < -0.4 is 15.1 Å². The number of hydrogen-bond donors (Lipinski definition) is 1. The molecule has 0 unspecified atom stereocenters. The lowest BCUT2D eigenvalue weighted by Gasteiger charge is -2.31. The molecule has 0 spiro atoms. The SMILES string of the molecule is O=C(Cc1ccc(Cl)cc1)Nc1cc(N2CCCC2)ccc1N1CCOCC1. The topological polar surface area (TPSA) is 44.8 Å². The molecule has 2 aliphatic heterocycles. The third-order valence-electron chi connectivity index (χ3n) is 5.36. The molecule has 28 heavy (non-hydrogen) atoms. The fourth-order valence-electron chi connectivity index (χ4n) is 3.86. The molecular formula is C22H26ClN3O2. The molecule has 1 amide bonds. The summed E-state index contributed by atoms with van der Waals surface area (Å²) < 4.78 is 5.49. The lowest BCUT2D eigenvalue weighted by molar-refractivity contribution is -0.115. The molecule has 6 heteroatoms. The number of amides is 1. The number of morpholine rings is 1. The molecule has 2 aliphatic rings. The van der Waals surface area contributed by atoms with Crippen LogP contribution in [0.4, 0.5) is 17.1 Å². The minimum Gasteiger partial charge on any atom is -0.378 e. The van der Waals surface area contributed by atoms with Gasteiger partial charge in [-0.1, -0.05) is 23.7 Å². The number of carbonyl (C=O) groups is 1. The van der Waals surface area contributed by atoms with E-state index in [-0.39, 0.29) is 5.91 Å². The van der Waals surface area contributed by atoms with Gasteiger partial charge in [-0.25, -0.2) is 0 Å². The van der Waals surface area contributed by atoms with E-state index >= 15 is 0 Å². The molecule has 148 valence electrons. The number of halogens is 1. The molecule has 0 saturated carbocycles. The highest BCUT2D eigenvalue weighted by Crippen LogP contribution is 2.33. The summed E-state index contributed by atoms with van der Waals surface area (Å²) in [5.41, 5.74) is 4.07. The number of carbonyl (C=O) groups excluding carboxylic acids is 1. The molecule has 4 rings (SSSR count). The van der Waals surface area contributed by atoms with E-state index in [1.807, 2.05) is 24.3 Å². The molecule has 2 fully saturated rings. The highest BCUT2D eigenvalue weighted by atomic mass is 35.5. The molecule has 1 N–H and O–H groups in total. The van der Waals surface area contributed by atoms with E-state index in [1.54, 1.807) is 0 Å². The monoisotopic (exact) mass is 399 g/mol. The van der Waals surface area contributed by atoms with Crippen LogP contribution in [0.15, 0.2) is 42.5 Å². The summed E-state index contributed by atoms with van der Waals surface area (Å²) in [6, 6.07) is 13.9. The average molecular weight is 400 g/mol. The predicted octanol–water partition coefficient (Wildman–Crippen LogP) is 3.96. The summed E-state index contributed by atoms with van der Waals surface area (Å²) in [7, 11) is 0. The average Bonchev–Trinajstić information content (AvgIpc) is 3.25. The molecule has 0 aromatic heterocycles. The molecule has 2 aromatic rings. The zero-order valence-corrected chi connectivity index (χ0v) is 16.8. The minimum absolute atomic E-state index is 0.0181. The Kier molecular flexibility index (Phi) is 6.03. The molecule has 0 aliphatic carbocycles. The van der Waals surface area contributed by atoms with Crippen molar-refractivity contribution >= 4 is 34.6 Å². The van der Waals surface area contributed by atoms with Crippen molar-refractivity contribution in [3.05, 3.63) is 53.1 Å². The van der Waals surface area contributed by atoms with Gasteiger partial charge in [-0.2, -0.15) is 0 Å². The maximum atomic E-state index is 12.7. The van der Waals surface area contributed by atoms with Gasteiger partial charge in [0.15, 0.2) is 0 Å². The molecule has 0 bridgehead atoms. The number of nitrogens with one attached hydrogen (secondary N) is 1. The second-order valence-electron chi connectivity index (χ2n) is 7.35. The van der Waals surface area contributed by atoms with E-state index in [1.165, 1.54) is 18.5 Å². The maximum absolute atomic E-state index is 12.7. The highest BCUT2D eigenvalue weighted by molar-refractivity contribution is 6.30. The number of nitrogens with zero attached hydrogens (tertiary/aromatic N) is 2. The van der Waals surface area contributed by atoms with Crippen LogP contribution in [0, 0.1) is 0 Å². The van der Waals surface area contributed by atoms with Gasteiger partial charge < -0.3 is 19.9 Å². The van der Waals surface area contributed by atoms with Crippen LogP contribution in [0.25, 0.3) is 0 Å². The van der Waals surface area contributed by atoms with Gasteiger partial charge in [0.2, 0.25) is 5.91 Å². The van der Waals surface area contributed by atoms with Crippen LogP contribution in [0.1, 0.15) is 18.4 Å². The van der Waals surface area contributed by atoms with E-state index in [2.05, 4.69) is 33.3 Å². The first kappa shape index (κ1) is 19.1. The van der Waals surface area contributed by atoms with Gasteiger partial charge in [-0.05, 0) is 48.7 Å². The van der Waals surface area contributed by atoms with Crippen molar-refractivity contribution < 1.29 is 9.53 Å². The van der Waals surface area contributed by atoms with Crippen LogP contribution in [0.5, 0.6) is 0 Å². The molecule has 5 nitrogen and oxygen atoms in total. The smallest absolute Gasteiger partial charge is 0.228 e. The van der Waals surface area contributed by atoms with Gasteiger partial charge >= 0.3 is 0 Å².